The highest BCUT2D eigenvalue weighted by Crippen LogP contribution is 2.22. The van der Waals surface area contributed by atoms with Crippen LogP contribution in [0.2, 0.25) is 0 Å². The van der Waals surface area contributed by atoms with Crippen LogP contribution in [0.25, 0.3) is 22.5 Å². The van der Waals surface area contributed by atoms with Gasteiger partial charge in [-0.3, -0.25) is 9.97 Å². The van der Waals surface area contributed by atoms with E-state index in [1.165, 1.54) is 33.4 Å². The predicted octanol–water partition coefficient (Wildman–Crippen LogP) is 6.52. The molecule has 0 aliphatic rings. The van der Waals surface area contributed by atoms with Gasteiger partial charge in [0.2, 0.25) is 0 Å². The van der Waals surface area contributed by atoms with Crippen molar-refractivity contribution in [2.24, 2.45) is 0 Å². The van der Waals surface area contributed by atoms with Crippen LogP contribution >= 0.6 is 0 Å². The van der Waals surface area contributed by atoms with E-state index in [4.69, 9.17) is 4.98 Å². The fourth-order valence-corrected chi connectivity index (χ4v) is 3.62. The standard InChI is InChI=1S/C27H26N2/c1-19-6-4-8-23(14-19)27-16-21(3)15-25(29-27)12-11-22-7-5-9-24(17-22)26-13-10-20(2)18-28-26/h4-10,13-18H,11-12H2,1-3H3. The first kappa shape index (κ1) is 19.1. The Labute approximate surface area is 173 Å². The first-order valence-electron chi connectivity index (χ1n) is 10.1. The molecule has 29 heavy (non-hydrogen) atoms. The smallest absolute Gasteiger partial charge is 0.0708 e. The lowest BCUT2D eigenvalue weighted by Gasteiger charge is -2.09. The monoisotopic (exact) mass is 378 g/mol. The van der Waals surface area contributed by atoms with Crippen LogP contribution in [0.3, 0.4) is 0 Å². The maximum atomic E-state index is 4.94. The minimum absolute atomic E-state index is 0.922. The van der Waals surface area contributed by atoms with Crippen LogP contribution in [0, 0.1) is 20.8 Å². The molecule has 0 atom stereocenters. The minimum Gasteiger partial charge on any atom is -0.256 e. The molecule has 0 radical (unpaired) electrons. The zero-order valence-electron chi connectivity index (χ0n) is 17.3. The van der Waals surface area contributed by atoms with Crippen molar-refractivity contribution in [1.29, 1.82) is 0 Å². The van der Waals surface area contributed by atoms with Gasteiger partial charge in [-0.1, -0.05) is 48.0 Å². The van der Waals surface area contributed by atoms with Gasteiger partial charge in [-0.25, -0.2) is 0 Å². The summed E-state index contributed by atoms with van der Waals surface area (Å²) in [5, 5.41) is 0. The highest BCUT2D eigenvalue weighted by atomic mass is 14.7. The third-order valence-corrected chi connectivity index (χ3v) is 5.14. The molecule has 4 rings (SSSR count). The normalized spacial score (nSPS) is 10.9. The van der Waals surface area contributed by atoms with Crippen LogP contribution in [-0.4, -0.2) is 9.97 Å². The summed E-state index contributed by atoms with van der Waals surface area (Å²) in [6.45, 7) is 6.33. The van der Waals surface area contributed by atoms with Gasteiger partial charge < -0.3 is 0 Å². The number of hydrogen-bond acceptors (Lipinski definition) is 2. The van der Waals surface area contributed by atoms with Gasteiger partial charge >= 0.3 is 0 Å². The highest BCUT2D eigenvalue weighted by molar-refractivity contribution is 5.61. The maximum absolute atomic E-state index is 4.94. The molecule has 0 unspecified atom stereocenters. The number of pyridine rings is 2. The summed E-state index contributed by atoms with van der Waals surface area (Å²) in [6, 6.07) is 25.8. The number of rotatable bonds is 5. The molecule has 0 bridgehead atoms. The van der Waals surface area contributed by atoms with E-state index in [0.717, 1.165) is 29.9 Å². The molecular formula is C27H26N2. The Balaban J connectivity index is 1.53. The molecule has 0 spiro atoms. The molecule has 0 saturated heterocycles. The van der Waals surface area contributed by atoms with E-state index in [9.17, 15) is 0 Å². The largest absolute Gasteiger partial charge is 0.256 e. The van der Waals surface area contributed by atoms with Gasteiger partial charge in [0.1, 0.15) is 0 Å². The Hall–Kier alpha value is -3.26. The van der Waals surface area contributed by atoms with E-state index in [0.29, 0.717) is 0 Å². The third kappa shape index (κ3) is 4.78. The van der Waals surface area contributed by atoms with Crippen LogP contribution in [0.4, 0.5) is 0 Å². The van der Waals surface area contributed by atoms with Crippen molar-refractivity contribution in [3.63, 3.8) is 0 Å². The van der Waals surface area contributed by atoms with Crippen molar-refractivity contribution in [3.8, 4) is 22.5 Å². The highest BCUT2D eigenvalue weighted by Gasteiger charge is 2.06. The van der Waals surface area contributed by atoms with E-state index >= 15 is 0 Å². The molecule has 2 heterocycles. The van der Waals surface area contributed by atoms with E-state index in [1.807, 2.05) is 6.20 Å². The van der Waals surface area contributed by atoms with Gasteiger partial charge in [-0.05, 0) is 80.6 Å². The fraction of sp³-hybridized carbons (Fsp3) is 0.185. The Morgan fingerprint density at radius 1 is 0.621 bits per heavy atom. The Morgan fingerprint density at radius 2 is 1.41 bits per heavy atom. The average molecular weight is 379 g/mol. The molecule has 0 fully saturated rings. The minimum atomic E-state index is 0.922. The summed E-state index contributed by atoms with van der Waals surface area (Å²) in [7, 11) is 0. The number of nitrogens with zero attached hydrogens (tertiary/aromatic N) is 2. The molecule has 0 aliphatic carbocycles. The Morgan fingerprint density at radius 3 is 2.17 bits per heavy atom. The van der Waals surface area contributed by atoms with E-state index in [1.54, 1.807) is 0 Å². The summed E-state index contributed by atoms with van der Waals surface area (Å²) in [5.74, 6) is 0. The van der Waals surface area contributed by atoms with Gasteiger partial charge in [0.25, 0.3) is 0 Å². The van der Waals surface area contributed by atoms with Crippen molar-refractivity contribution >= 4 is 0 Å². The second kappa shape index (κ2) is 8.40. The summed E-state index contributed by atoms with van der Waals surface area (Å²) in [6.07, 6.45) is 3.81. The Bertz CT molecular complexity index is 1130. The van der Waals surface area contributed by atoms with Gasteiger partial charge in [-0.15, -0.1) is 0 Å². The first-order chi connectivity index (χ1) is 14.1. The van der Waals surface area contributed by atoms with Gasteiger partial charge in [0.05, 0.1) is 11.4 Å². The second-order valence-electron chi connectivity index (χ2n) is 7.81. The van der Waals surface area contributed by atoms with Gasteiger partial charge in [0.15, 0.2) is 0 Å². The number of aryl methyl sites for hydroxylation is 5. The zero-order valence-corrected chi connectivity index (χ0v) is 17.3. The summed E-state index contributed by atoms with van der Waals surface area (Å²) >= 11 is 0. The third-order valence-electron chi connectivity index (χ3n) is 5.14. The molecular weight excluding hydrogens is 352 g/mol. The van der Waals surface area contributed by atoms with Crippen LogP contribution in [0.5, 0.6) is 0 Å². The predicted molar refractivity (Wildman–Crippen MR) is 121 cm³/mol. The molecule has 4 aromatic rings. The molecule has 2 nitrogen and oxygen atoms in total. The second-order valence-corrected chi connectivity index (χ2v) is 7.81. The van der Waals surface area contributed by atoms with Gasteiger partial charge in [-0.2, -0.15) is 0 Å². The van der Waals surface area contributed by atoms with Crippen LogP contribution in [0.15, 0.2) is 79.0 Å². The van der Waals surface area contributed by atoms with Crippen LogP contribution in [-0.2, 0) is 12.8 Å². The lowest BCUT2D eigenvalue weighted by atomic mass is 10.0. The number of hydrogen-bond donors (Lipinski definition) is 0. The molecule has 0 amide bonds. The van der Waals surface area contributed by atoms with Crippen LogP contribution in [0.1, 0.15) is 27.9 Å². The number of benzene rings is 2. The first-order valence-corrected chi connectivity index (χ1v) is 10.1. The molecule has 0 N–H and O–H groups in total. The van der Waals surface area contributed by atoms with Gasteiger partial charge in [0, 0.05) is 23.0 Å². The molecule has 2 aromatic heterocycles. The molecule has 2 aromatic carbocycles. The lowest BCUT2D eigenvalue weighted by Crippen LogP contribution is -1.98. The zero-order chi connectivity index (χ0) is 20.2. The SMILES string of the molecule is Cc1ccc(-c2cccc(CCc3cc(C)cc(-c4cccc(C)c4)n3)c2)nc1. The lowest BCUT2D eigenvalue weighted by molar-refractivity contribution is 0.912. The van der Waals surface area contributed by atoms with Crippen molar-refractivity contribution in [1.82, 2.24) is 9.97 Å². The van der Waals surface area contributed by atoms with E-state index in [-0.39, 0.29) is 0 Å². The quantitative estimate of drug-likeness (QED) is 0.395. The van der Waals surface area contributed by atoms with E-state index < -0.39 is 0 Å². The topological polar surface area (TPSA) is 25.8 Å². The average Bonchev–Trinajstić information content (AvgIpc) is 2.73. The van der Waals surface area contributed by atoms with Crippen molar-refractivity contribution in [2.75, 3.05) is 0 Å². The van der Waals surface area contributed by atoms with Crippen LogP contribution < -0.4 is 0 Å². The van der Waals surface area contributed by atoms with Crippen molar-refractivity contribution < 1.29 is 0 Å². The molecule has 2 heteroatoms. The molecule has 144 valence electrons. The summed E-state index contributed by atoms with van der Waals surface area (Å²) < 4.78 is 0. The molecule has 0 aliphatic heterocycles. The number of aromatic nitrogens is 2. The van der Waals surface area contributed by atoms with E-state index in [2.05, 4.69) is 98.6 Å². The molecule has 0 saturated carbocycles. The van der Waals surface area contributed by atoms with Crippen molar-refractivity contribution in [3.05, 3.63) is 107 Å². The summed E-state index contributed by atoms with van der Waals surface area (Å²) in [4.78, 5) is 9.50. The fourth-order valence-electron chi connectivity index (χ4n) is 3.62. The Kier molecular flexibility index (Phi) is 5.53. The van der Waals surface area contributed by atoms with Crippen molar-refractivity contribution in [2.45, 2.75) is 33.6 Å². The summed E-state index contributed by atoms with van der Waals surface area (Å²) in [5.41, 5.74) is 10.6. The maximum Gasteiger partial charge on any atom is 0.0708 e.